The first-order chi connectivity index (χ1) is 13.1. The zero-order chi connectivity index (χ0) is 18.5. The molecule has 1 aliphatic heterocycles. The van der Waals surface area contributed by atoms with Gasteiger partial charge in [0.05, 0.1) is 17.4 Å². The van der Waals surface area contributed by atoms with E-state index in [0.29, 0.717) is 6.04 Å². The fourth-order valence-corrected chi connectivity index (χ4v) is 4.92. The summed E-state index contributed by atoms with van der Waals surface area (Å²) >= 11 is 0. The molecule has 27 heavy (non-hydrogen) atoms. The maximum Gasteiger partial charge on any atom is 0.234 e. The van der Waals surface area contributed by atoms with E-state index in [0.717, 1.165) is 36.7 Å². The van der Waals surface area contributed by atoms with Crippen LogP contribution in [0.4, 0.5) is 0 Å². The summed E-state index contributed by atoms with van der Waals surface area (Å²) in [5, 5.41) is 0. The normalized spacial score (nSPS) is 20.5. The molecule has 3 aromatic rings. The molecule has 0 bridgehead atoms. The minimum Gasteiger partial charge on any atom is -0.334 e. The summed E-state index contributed by atoms with van der Waals surface area (Å²) in [5.74, 6) is 2.07. The molecule has 2 aliphatic rings. The van der Waals surface area contributed by atoms with Gasteiger partial charge in [0.2, 0.25) is 5.78 Å². The topological polar surface area (TPSA) is 51.2 Å². The van der Waals surface area contributed by atoms with Crippen LogP contribution in [0, 0.1) is 13.8 Å². The molecule has 1 unspecified atom stereocenters. The summed E-state index contributed by atoms with van der Waals surface area (Å²) in [6, 6.07) is 2.51. The van der Waals surface area contributed by atoms with Crippen molar-refractivity contribution < 1.29 is 0 Å². The first kappa shape index (κ1) is 16.9. The molecular weight excluding hydrogens is 336 g/mol. The van der Waals surface area contributed by atoms with Gasteiger partial charge in [-0.2, -0.15) is 0 Å². The van der Waals surface area contributed by atoms with Crippen molar-refractivity contribution in [3.05, 3.63) is 46.6 Å². The van der Waals surface area contributed by atoms with Gasteiger partial charge in [0.25, 0.3) is 0 Å². The Balaban J connectivity index is 1.44. The van der Waals surface area contributed by atoms with Gasteiger partial charge < -0.3 is 4.57 Å². The molecular formula is C21H28N6. The van der Waals surface area contributed by atoms with Gasteiger partial charge in [-0.05, 0) is 65.0 Å². The van der Waals surface area contributed by atoms with Gasteiger partial charge in [0.15, 0.2) is 0 Å². The molecule has 5 rings (SSSR count). The Kier molecular flexibility index (Phi) is 4.04. The molecule has 6 heteroatoms. The molecule has 0 N–H and O–H groups in total. The third-order valence-corrected chi connectivity index (χ3v) is 6.25. The van der Waals surface area contributed by atoms with Crippen LogP contribution in [-0.2, 0) is 26.4 Å². The van der Waals surface area contributed by atoms with Crippen LogP contribution < -0.4 is 0 Å². The lowest BCUT2D eigenvalue weighted by Crippen LogP contribution is -2.25. The number of likely N-dealkylation sites (tertiary alicyclic amines) is 1. The van der Waals surface area contributed by atoms with E-state index in [-0.39, 0.29) is 0 Å². The van der Waals surface area contributed by atoms with E-state index in [4.69, 9.17) is 9.97 Å². The highest BCUT2D eigenvalue weighted by molar-refractivity contribution is 5.34. The van der Waals surface area contributed by atoms with Gasteiger partial charge in [-0.25, -0.2) is 15.0 Å². The number of aromatic nitrogens is 5. The maximum absolute atomic E-state index is 5.08. The van der Waals surface area contributed by atoms with Gasteiger partial charge >= 0.3 is 0 Å². The van der Waals surface area contributed by atoms with E-state index in [1.165, 1.54) is 55.0 Å². The second-order valence-corrected chi connectivity index (χ2v) is 8.20. The number of hydrogen-bond donors (Lipinski definition) is 0. The smallest absolute Gasteiger partial charge is 0.234 e. The lowest BCUT2D eigenvalue weighted by Gasteiger charge is -2.23. The van der Waals surface area contributed by atoms with Gasteiger partial charge in [0.1, 0.15) is 5.82 Å². The number of hydrogen-bond acceptors (Lipinski definition) is 4. The first-order valence-electron chi connectivity index (χ1n) is 10.2. The van der Waals surface area contributed by atoms with Crippen LogP contribution in [0.25, 0.3) is 5.78 Å². The molecule has 0 aromatic carbocycles. The number of aryl methyl sites for hydroxylation is 3. The van der Waals surface area contributed by atoms with E-state index >= 15 is 0 Å². The summed E-state index contributed by atoms with van der Waals surface area (Å²) in [6.07, 6.45) is 9.47. The molecule has 0 saturated carbocycles. The van der Waals surface area contributed by atoms with E-state index < -0.39 is 0 Å². The van der Waals surface area contributed by atoms with Gasteiger partial charge in [-0.1, -0.05) is 0 Å². The van der Waals surface area contributed by atoms with Crippen molar-refractivity contribution in [3.63, 3.8) is 0 Å². The van der Waals surface area contributed by atoms with Crippen molar-refractivity contribution in [2.24, 2.45) is 7.05 Å². The highest BCUT2D eigenvalue weighted by Gasteiger charge is 2.32. The summed E-state index contributed by atoms with van der Waals surface area (Å²) in [6.45, 7) is 6.12. The third kappa shape index (κ3) is 2.87. The second kappa shape index (κ2) is 6.44. The minimum absolute atomic E-state index is 0.404. The van der Waals surface area contributed by atoms with Crippen LogP contribution in [0.5, 0.6) is 0 Å². The number of nitrogens with zero attached hydrogens (tertiary/aromatic N) is 6. The fourth-order valence-electron chi connectivity index (χ4n) is 4.92. The summed E-state index contributed by atoms with van der Waals surface area (Å²) < 4.78 is 4.49. The molecule has 3 aromatic heterocycles. The molecule has 6 nitrogen and oxygen atoms in total. The average molecular weight is 364 g/mol. The highest BCUT2D eigenvalue weighted by atomic mass is 15.2. The molecule has 1 aliphatic carbocycles. The summed E-state index contributed by atoms with van der Waals surface area (Å²) in [4.78, 5) is 17.0. The number of rotatable bonds is 3. The van der Waals surface area contributed by atoms with Crippen molar-refractivity contribution in [2.45, 2.75) is 65.0 Å². The van der Waals surface area contributed by atoms with Crippen LogP contribution in [0.1, 0.15) is 66.0 Å². The van der Waals surface area contributed by atoms with E-state index in [1.54, 1.807) is 0 Å². The Labute approximate surface area is 160 Å². The largest absolute Gasteiger partial charge is 0.334 e. The van der Waals surface area contributed by atoms with Crippen molar-refractivity contribution in [1.82, 2.24) is 28.8 Å². The zero-order valence-corrected chi connectivity index (χ0v) is 16.6. The molecule has 4 heterocycles. The molecule has 0 amide bonds. The highest BCUT2D eigenvalue weighted by Crippen LogP contribution is 2.34. The predicted octanol–water partition coefficient (Wildman–Crippen LogP) is 3.30. The summed E-state index contributed by atoms with van der Waals surface area (Å²) in [7, 11) is 2.21. The van der Waals surface area contributed by atoms with Crippen molar-refractivity contribution in [2.75, 3.05) is 6.54 Å². The Morgan fingerprint density at radius 3 is 2.78 bits per heavy atom. The average Bonchev–Trinajstić information content (AvgIpc) is 3.33. The number of imidazole rings is 2. The van der Waals surface area contributed by atoms with Crippen molar-refractivity contribution in [1.29, 1.82) is 0 Å². The van der Waals surface area contributed by atoms with E-state index in [1.807, 2.05) is 6.92 Å². The molecule has 142 valence electrons. The second-order valence-electron chi connectivity index (χ2n) is 8.20. The van der Waals surface area contributed by atoms with Crippen LogP contribution >= 0.6 is 0 Å². The molecule has 1 fully saturated rings. The predicted molar refractivity (Wildman–Crippen MR) is 105 cm³/mol. The van der Waals surface area contributed by atoms with Gasteiger partial charge in [0, 0.05) is 36.9 Å². The lowest BCUT2D eigenvalue weighted by atomic mass is 10.0. The fraction of sp³-hybridized carbons (Fsp3) is 0.571. The number of fused-ring (bicyclic) bond motifs is 2. The van der Waals surface area contributed by atoms with E-state index in [2.05, 4.69) is 45.1 Å². The molecule has 1 atom stereocenters. The Hall–Kier alpha value is -2.21. The third-order valence-electron chi connectivity index (χ3n) is 6.25. The van der Waals surface area contributed by atoms with Crippen molar-refractivity contribution >= 4 is 5.78 Å². The summed E-state index contributed by atoms with van der Waals surface area (Å²) in [5.41, 5.74) is 6.11. The van der Waals surface area contributed by atoms with Crippen molar-refractivity contribution in [3.8, 4) is 0 Å². The Morgan fingerprint density at radius 1 is 1.07 bits per heavy atom. The Bertz CT molecular complexity index is 998. The molecule has 0 radical (unpaired) electrons. The first-order valence-corrected chi connectivity index (χ1v) is 10.2. The monoisotopic (exact) mass is 364 g/mol. The van der Waals surface area contributed by atoms with Crippen LogP contribution in [0.3, 0.4) is 0 Å². The van der Waals surface area contributed by atoms with Gasteiger partial charge in [-0.3, -0.25) is 9.30 Å². The Morgan fingerprint density at radius 2 is 1.93 bits per heavy atom. The maximum atomic E-state index is 5.08. The lowest BCUT2D eigenvalue weighted by molar-refractivity contribution is 0.234. The zero-order valence-electron chi connectivity index (χ0n) is 16.6. The minimum atomic E-state index is 0.404. The molecule has 0 spiro atoms. The SMILES string of the molecule is Cc1cc(C)n2cc(CN3CCCC3c3nc4c(n3C)CCCC4)nc2n1. The van der Waals surface area contributed by atoms with E-state index in [9.17, 15) is 0 Å². The van der Waals surface area contributed by atoms with Crippen LogP contribution in [-0.4, -0.2) is 35.4 Å². The van der Waals surface area contributed by atoms with Crippen LogP contribution in [0.15, 0.2) is 12.3 Å². The quantitative estimate of drug-likeness (QED) is 0.716. The van der Waals surface area contributed by atoms with Crippen LogP contribution in [0.2, 0.25) is 0 Å². The standard InChI is InChI=1S/C21H28N6/c1-14-11-15(2)27-13-16(23-21(27)22-14)12-26-10-6-9-19(26)20-24-17-7-4-5-8-18(17)25(20)3/h11,13,19H,4-10,12H2,1-3H3. The molecule has 1 saturated heterocycles. The van der Waals surface area contributed by atoms with Gasteiger partial charge in [-0.15, -0.1) is 0 Å².